The highest BCUT2D eigenvalue weighted by molar-refractivity contribution is 5.75. The number of benzene rings is 1. The lowest BCUT2D eigenvalue weighted by Crippen LogP contribution is -2.05. The lowest BCUT2D eigenvalue weighted by Gasteiger charge is -2.01. The molecule has 1 aromatic carbocycles. The van der Waals surface area contributed by atoms with Crippen LogP contribution in [-0.4, -0.2) is 12.4 Å². The molecule has 2 nitrogen and oxygen atoms in total. The predicted molar refractivity (Wildman–Crippen MR) is 45.6 cm³/mol. The summed E-state index contributed by atoms with van der Waals surface area (Å²) in [7, 11) is 0. The number of rotatable bonds is 1. The zero-order valence-electron chi connectivity index (χ0n) is 6.91. The fourth-order valence-corrected chi connectivity index (χ4v) is 1.52. The Labute approximate surface area is 71.2 Å². The highest BCUT2D eigenvalue weighted by Crippen LogP contribution is 2.28. The van der Waals surface area contributed by atoms with Crippen molar-refractivity contribution >= 4 is 6.29 Å². The van der Waals surface area contributed by atoms with Gasteiger partial charge in [-0.3, -0.25) is 4.79 Å². The van der Waals surface area contributed by atoms with E-state index >= 15 is 0 Å². The van der Waals surface area contributed by atoms with E-state index in [0.29, 0.717) is 0 Å². The van der Waals surface area contributed by atoms with Crippen LogP contribution in [0, 0.1) is 0 Å². The molecule has 0 spiro atoms. The van der Waals surface area contributed by atoms with Crippen LogP contribution in [0.1, 0.15) is 22.8 Å². The molecule has 1 heterocycles. The van der Waals surface area contributed by atoms with Gasteiger partial charge in [-0.1, -0.05) is 0 Å². The molecule has 1 atom stereocenters. The largest absolute Gasteiger partial charge is 0.490 e. The Kier molecular flexibility index (Phi) is 1.61. The van der Waals surface area contributed by atoms with Gasteiger partial charge < -0.3 is 4.74 Å². The van der Waals surface area contributed by atoms with E-state index in [1.165, 1.54) is 0 Å². The molecule has 0 radical (unpaired) electrons. The summed E-state index contributed by atoms with van der Waals surface area (Å²) in [6.45, 7) is 2.03. The Hall–Kier alpha value is -1.31. The lowest BCUT2D eigenvalue weighted by molar-refractivity contribution is 0.112. The molecular formula is C10H10O2. The Morgan fingerprint density at radius 3 is 3.17 bits per heavy atom. The van der Waals surface area contributed by atoms with E-state index in [-0.39, 0.29) is 6.10 Å². The summed E-state index contributed by atoms with van der Waals surface area (Å²) in [4.78, 5) is 10.4. The van der Waals surface area contributed by atoms with Crippen LogP contribution < -0.4 is 4.74 Å². The minimum Gasteiger partial charge on any atom is -0.490 e. The molecule has 0 saturated carbocycles. The smallest absolute Gasteiger partial charge is 0.150 e. The number of hydrogen-bond acceptors (Lipinski definition) is 2. The van der Waals surface area contributed by atoms with Crippen molar-refractivity contribution < 1.29 is 9.53 Å². The molecule has 0 bridgehead atoms. The third-order valence-corrected chi connectivity index (χ3v) is 2.06. The van der Waals surface area contributed by atoms with Gasteiger partial charge >= 0.3 is 0 Å². The summed E-state index contributed by atoms with van der Waals surface area (Å²) in [5, 5.41) is 0. The standard InChI is InChI=1S/C10H10O2/c1-7-4-9-5-8(6-11)2-3-10(9)12-7/h2-3,5-7H,4H2,1H3/t7-/m1/s1. The number of aldehydes is 1. The van der Waals surface area contributed by atoms with E-state index in [0.717, 1.165) is 29.6 Å². The van der Waals surface area contributed by atoms with Crippen LogP contribution in [0.15, 0.2) is 18.2 Å². The first-order chi connectivity index (χ1) is 5.79. The van der Waals surface area contributed by atoms with Gasteiger partial charge in [0.2, 0.25) is 0 Å². The molecule has 12 heavy (non-hydrogen) atoms. The van der Waals surface area contributed by atoms with Crippen molar-refractivity contribution in [2.75, 3.05) is 0 Å². The fourth-order valence-electron chi connectivity index (χ4n) is 1.52. The second-order valence-corrected chi connectivity index (χ2v) is 3.12. The average Bonchev–Trinajstić information content (AvgIpc) is 2.43. The summed E-state index contributed by atoms with van der Waals surface area (Å²) in [6, 6.07) is 5.54. The van der Waals surface area contributed by atoms with Crippen LogP contribution in [0.5, 0.6) is 5.75 Å². The molecule has 1 aromatic rings. The number of ether oxygens (including phenoxy) is 1. The summed E-state index contributed by atoms with van der Waals surface area (Å²) in [5.74, 6) is 0.924. The van der Waals surface area contributed by atoms with Crippen LogP contribution in [0.25, 0.3) is 0 Å². The van der Waals surface area contributed by atoms with Crippen molar-refractivity contribution in [3.05, 3.63) is 29.3 Å². The molecule has 1 aliphatic rings. The van der Waals surface area contributed by atoms with Crippen molar-refractivity contribution in [3.8, 4) is 5.75 Å². The molecule has 0 fully saturated rings. The maximum absolute atomic E-state index is 10.4. The summed E-state index contributed by atoms with van der Waals surface area (Å²) >= 11 is 0. The second-order valence-electron chi connectivity index (χ2n) is 3.12. The second kappa shape index (κ2) is 2.63. The fraction of sp³-hybridized carbons (Fsp3) is 0.300. The zero-order chi connectivity index (χ0) is 8.55. The van der Waals surface area contributed by atoms with Gasteiger partial charge in [0.1, 0.15) is 18.1 Å². The van der Waals surface area contributed by atoms with Crippen LogP contribution >= 0.6 is 0 Å². The minimum absolute atomic E-state index is 0.252. The van der Waals surface area contributed by atoms with Gasteiger partial charge in [0, 0.05) is 12.0 Å². The van der Waals surface area contributed by atoms with E-state index in [1.54, 1.807) is 6.07 Å². The number of fused-ring (bicyclic) bond motifs is 1. The number of carbonyl (C=O) groups is 1. The average molecular weight is 162 g/mol. The molecule has 2 heteroatoms. The van der Waals surface area contributed by atoms with Crippen molar-refractivity contribution in [3.63, 3.8) is 0 Å². The third kappa shape index (κ3) is 1.09. The monoisotopic (exact) mass is 162 g/mol. The Morgan fingerprint density at radius 2 is 2.42 bits per heavy atom. The number of hydrogen-bond donors (Lipinski definition) is 0. The molecule has 0 saturated heterocycles. The highest BCUT2D eigenvalue weighted by atomic mass is 16.5. The lowest BCUT2D eigenvalue weighted by atomic mass is 10.1. The van der Waals surface area contributed by atoms with Crippen LogP contribution in [0.4, 0.5) is 0 Å². The van der Waals surface area contributed by atoms with Gasteiger partial charge in [-0.25, -0.2) is 0 Å². The van der Waals surface area contributed by atoms with Gasteiger partial charge in [-0.15, -0.1) is 0 Å². The third-order valence-electron chi connectivity index (χ3n) is 2.06. The molecule has 2 rings (SSSR count). The van der Waals surface area contributed by atoms with Gasteiger partial charge in [0.15, 0.2) is 0 Å². The Balaban J connectivity index is 2.41. The first-order valence-corrected chi connectivity index (χ1v) is 4.04. The molecule has 0 aromatic heterocycles. The Morgan fingerprint density at radius 1 is 1.58 bits per heavy atom. The summed E-state index contributed by atoms with van der Waals surface area (Å²) in [6.07, 6.45) is 2.03. The van der Waals surface area contributed by atoms with E-state index in [4.69, 9.17) is 4.74 Å². The topological polar surface area (TPSA) is 26.3 Å². The predicted octanol–water partition coefficient (Wildman–Crippen LogP) is 1.82. The van der Waals surface area contributed by atoms with E-state index in [2.05, 4.69) is 0 Å². The van der Waals surface area contributed by atoms with Crippen LogP contribution in [0.2, 0.25) is 0 Å². The SMILES string of the molecule is C[C@@H]1Cc2cc(C=O)ccc2O1. The van der Waals surface area contributed by atoms with Crippen LogP contribution in [0.3, 0.4) is 0 Å². The molecular weight excluding hydrogens is 152 g/mol. The Bertz CT molecular complexity index is 318. The summed E-state index contributed by atoms with van der Waals surface area (Å²) in [5.41, 5.74) is 1.87. The molecule has 0 amide bonds. The number of carbonyl (C=O) groups excluding carboxylic acids is 1. The first-order valence-electron chi connectivity index (χ1n) is 4.04. The molecule has 62 valence electrons. The quantitative estimate of drug-likeness (QED) is 0.589. The molecule has 0 aliphatic carbocycles. The first kappa shape index (κ1) is 7.35. The highest BCUT2D eigenvalue weighted by Gasteiger charge is 2.18. The van der Waals surface area contributed by atoms with Crippen molar-refractivity contribution in [1.29, 1.82) is 0 Å². The van der Waals surface area contributed by atoms with Crippen molar-refractivity contribution in [2.45, 2.75) is 19.4 Å². The maximum Gasteiger partial charge on any atom is 0.150 e. The van der Waals surface area contributed by atoms with Gasteiger partial charge in [-0.2, -0.15) is 0 Å². The van der Waals surface area contributed by atoms with Crippen LogP contribution in [-0.2, 0) is 6.42 Å². The zero-order valence-corrected chi connectivity index (χ0v) is 6.91. The molecule has 0 unspecified atom stereocenters. The maximum atomic E-state index is 10.4. The molecule has 0 N–H and O–H groups in total. The van der Waals surface area contributed by atoms with Crippen molar-refractivity contribution in [2.24, 2.45) is 0 Å². The van der Waals surface area contributed by atoms with E-state index in [1.807, 2.05) is 19.1 Å². The normalized spacial score (nSPS) is 19.9. The van der Waals surface area contributed by atoms with Gasteiger partial charge in [0.05, 0.1) is 0 Å². The summed E-state index contributed by atoms with van der Waals surface area (Å²) < 4.78 is 5.49. The minimum atomic E-state index is 0.252. The van der Waals surface area contributed by atoms with E-state index < -0.39 is 0 Å². The van der Waals surface area contributed by atoms with Crippen molar-refractivity contribution in [1.82, 2.24) is 0 Å². The van der Waals surface area contributed by atoms with Gasteiger partial charge in [0.25, 0.3) is 0 Å². The van der Waals surface area contributed by atoms with Gasteiger partial charge in [-0.05, 0) is 30.7 Å². The molecule has 1 aliphatic heterocycles. The van der Waals surface area contributed by atoms with E-state index in [9.17, 15) is 4.79 Å².